The van der Waals surface area contributed by atoms with E-state index in [0.717, 1.165) is 16.0 Å². The number of carbonyl (C=O) groups excluding carboxylic acids is 2. The topological polar surface area (TPSA) is 71.1 Å². The highest BCUT2D eigenvalue weighted by atomic mass is 32.1. The van der Waals surface area contributed by atoms with E-state index in [1.54, 1.807) is 34.4 Å². The van der Waals surface area contributed by atoms with Gasteiger partial charge in [-0.2, -0.15) is 0 Å². The van der Waals surface area contributed by atoms with Crippen LogP contribution in [0.4, 0.5) is 10.5 Å². The molecule has 0 fully saturated rings. The van der Waals surface area contributed by atoms with Gasteiger partial charge in [-0.3, -0.25) is 4.79 Å². The molecule has 0 radical (unpaired) electrons. The van der Waals surface area contributed by atoms with E-state index in [0.29, 0.717) is 30.3 Å². The number of urea groups is 1. The maximum atomic E-state index is 13.5. The van der Waals surface area contributed by atoms with Crippen molar-refractivity contribution >= 4 is 29.0 Å². The van der Waals surface area contributed by atoms with Crippen molar-refractivity contribution < 1.29 is 19.1 Å². The zero-order chi connectivity index (χ0) is 23.9. The molecule has 7 nitrogen and oxygen atoms in total. The van der Waals surface area contributed by atoms with Gasteiger partial charge in [0.2, 0.25) is 12.7 Å². The van der Waals surface area contributed by atoms with Gasteiger partial charge in [-0.25, -0.2) is 4.79 Å². The second-order valence-corrected chi connectivity index (χ2v) is 8.93. The lowest BCUT2D eigenvalue weighted by Gasteiger charge is -2.27. The van der Waals surface area contributed by atoms with E-state index in [1.165, 1.54) is 4.90 Å². The molecule has 2 heterocycles. The SMILES string of the molecule is C=CCN(CC(=O)N(Cc1ccc2c(c1)OCO2)Cc1sccc1C)C(=O)Nc1ccccc1. The summed E-state index contributed by atoms with van der Waals surface area (Å²) in [5, 5.41) is 4.86. The summed E-state index contributed by atoms with van der Waals surface area (Å²) in [6.45, 7) is 7.00. The van der Waals surface area contributed by atoms with Crippen LogP contribution in [0.1, 0.15) is 16.0 Å². The first kappa shape index (κ1) is 23.4. The fourth-order valence-electron chi connectivity index (χ4n) is 3.59. The number of amides is 3. The zero-order valence-corrected chi connectivity index (χ0v) is 19.8. The summed E-state index contributed by atoms with van der Waals surface area (Å²) in [5.74, 6) is 1.22. The molecule has 2 aromatic carbocycles. The van der Waals surface area contributed by atoms with Crippen LogP contribution in [0.5, 0.6) is 11.5 Å². The van der Waals surface area contributed by atoms with Gasteiger partial charge in [0.05, 0.1) is 6.54 Å². The van der Waals surface area contributed by atoms with Crippen molar-refractivity contribution in [2.24, 2.45) is 0 Å². The number of para-hydroxylation sites is 1. The molecule has 1 aromatic heterocycles. The quantitative estimate of drug-likeness (QED) is 0.439. The zero-order valence-electron chi connectivity index (χ0n) is 19.0. The summed E-state index contributed by atoms with van der Waals surface area (Å²) >= 11 is 1.62. The van der Waals surface area contributed by atoms with E-state index in [2.05, 4.69) is 11.9 Å². The highest BCUT2D eigenvalue weighted by molar-refractivity contribution is 7.10. The molecule has 0 atom stereocenters. The first-order valence-electron chi connectivity index (χ1n) is 10.9. The second-order valence-electron chi connectivity index (χ2n) is 7.93. The maximum Gasteiger partial charge on any atom is 0.322 e. The van der Waals surface area contributed by atoms with Crippen LogP contribution < -0.4 is 14.8 Å². The third kappa shape index (κ3) is 5.77. The van der Waals surface area contributed by atoms with Crippen molar-refractivity contribution in [3.8, 4) is 11.5 Å². The van der Waals surface area contributed by atoms with Crippen LogP contribution >= 0.6 is 11.3 Å². The van der Waals surface area contributed by atoms with Crippen LogP contribution in [0, 0.1) is 6.92 Å². The fraction of sp³-hybridized carbons (Fsp3) is 0.231. The Kier molecular flexibility index (Phi) is 7.49. The van der Waals surface area contributed by atoms with Crippen LogP contribution in [0.2, 0.25) is 0 Å². The van der Waals surface area contributed by atoms with Crippen LogP contribution in [0.3, 0.4) is 0 Å². The number of thiophene rings is 1. The number of rotatable bonds is 9. The molecule has 4 rings (SSSR count). The number of anilines is 1. The number of aryl methyl sites for hydroxylation is 1. The lowest BCUT2D eigenvalue weighted by molar-refractivity contribution is -0.132. The number of hydrogen-bond donors (Lipinski definition) is 1. The molecular formula is C26H27N3O4S. The standard InChI is InChI=1S/C26H27N3O4S/c1-3-12-28(26(31)27-21-7-5-4-6-8-21)17-25(30)29(16-24-19(2)11-13-34-24)15-20-9-10-22-23(14-20)33-18-32-22/h3-11,13-14H,1,12,15-18H2,2H3,(H,27,31). The number of ether oxygens (including phenoxy) is 2. The minimum absolute atomic E-state index is 0.0698. The third-order valence-corrected chi connectivity index (χ3v) is 6.46. The van der Waals surface area contributed by atoms with Crippen molar-refractivity contribution in [3.05, 3.63) is 88.6 Å². The molecule has 34 heavy (non-hydrogen) atoms. The van der Waals surface area contributed by atoms with Gasteiger partial charge >= 0.3 is 6.03 Å². The predicted octanol–water partition coefficient (Wildman–Crippen LogP) is 5.03. The predicted molar refractivity (Wildman–Crippen MR) is 133 cm³/mol. The van der Waals surface area contributed by atoms with Crippen LogP contribution in [-0.2, 0) is 17.9 Å². The molecular weight excluding hydrogens is 450 g/mol. The van der Waals surface area contributed by atoms with Crippen molar-refractivity contribution in [3.63, 3.8) is 0 Å². The normalized spacial score (nSPS) is 11.7. The molecule has 3 amide bonds. The lowest BCUT2D eigenvalue weighted by Crippen LogP contribution is -2.44. The van der Waals surface area contributed by atoms with Gasteiger partial charge in [-0.05, 0) is 53.8 Å². The highest BCUT2D eigenvalue weighted by Crippen LogP contribution is 2.33. The highest BCUT2D eigenvalue weighted by Gasteiger charge is 2.23. The maximum absolute atomic E-state index is 13.5. The Balaban J connectivity index is 1.51. The molecule has 0 aliphatic carbocycles. The fourth-order valence-corrected chi connectivity index (χ4v) is 4.51. The van der Waals surface area contributed by atoms with Gasteiger partial charge in [-0.1, -0.05) is 30.3 Å². The van der Waals surface area contributed by atoms with Crippen molar-refractivity contribution in [1.82, 2.24) is 9.80 Å². The molecule has 0 bridgehead atoms. The minimum atomic E-state index is -0.352. The third-order valence-electron chi connectivity index (χ3n) is 5.45. The van der Waals surface area contributed by atoms with E-state index in [9.17, 15) is 9.59 Å². The number of nitrogens with one attached hydrogen (secondary N) is 1. The molecule has 1 aliphatic heterocycles. The average molecular weight is 478 g/mol. The minimum Gasteiger partial charge on any atom is -0.454 e. The Bertz CT molecular complexity index is 1160. The van der Waals surface area contributed by atoms with Crippen LogP contribution in [0.15, 0.2) is 72.6 Å². The van der Waals surface area contributed by atoms with Gasteiger partial charge in [0.1, 0.15) is 6.54 Å². The molecule has 0 spiro atoms. The largest absolute Gasteiger partial charge is 0.454 e. The Hall–Kier alpha value is -3.78. The molecule has 0 unspecified atom stereocenters. The average Bonchev–Trinajstić information content (AvgIpc) is 3.47. The van der Waals surface area contributed by atoms with Gasteiger partial charge < -0.3 is 24.6 Å². The number of nitrogens with zero attached hydrogens (tertiary/aromatic N) is 2. The molecule has 176 valence electrons. The Morgan fingerprint density at radius 2 is 1.85 bits per heavy atom. The molecule has 3 aromatic rings. The molecule has 8 heteroatoms. The summed E-state index contributed by atoms with van der Waals surface area (Å²) < 4.78 is 10.9. The molecule has 0 saturated carbocycles. The Morgan fingerprint density at radius 1 is 1.06 bits per heavy atom. The van der Waals surface area contributed by atoms with E-state index < -0.39 is 0 Å². The molecule has 1 N–H and O–H groups in total. The summed E-state index contributed by atoms with van der Waals surface area (Å²) in [7, 11) is 0. The number of fused-ring (bicyclic) bond motifs is 1. The van der Waals surface area contributed by atoms with E-state index >= 15 is 0 Å². The Labute approximate surface area is 203 Å². The number of benzene rings is 2. The summed E-state index contributed by atoms with van der Waals surface area (Å²) in [5.41, 5.74) is 2.73. The summed E-state index contributed by atoms with van der Waals surface area (Å²) in [6, 6.07) is 16.5. The number of carbonyl (C=O) groups is 2. The van der Waals surface area contributed by atoms with Gasteiger partial charge in [0.25, 0.3) is 0 Å². The summed E-state index contributed by atoms with van der Waals surface area (Å²) in [6.07, 6.45) is 1.61. The lowest BCUT2D eigenvalue weighted by atomic mass is 10.1. The monoisotopic (exact) mass is 477 g/mol. The van der Waals surface area contributed by atoms with Crippen molar-refractivity contribution in [1.29, 1.82) is 0 Å². The van der Waals surface area contributed by atoms with Crippen molar-refractivity contribution in [2.45, 2.75) is 20.0 Å². The first-order chi connectivity index (χ1) is 16.5. The van der Waals surface area contributed by atoms with Gasteiger partial charge in [0.15, 0.2) is 11.5 Å². The second kappa shape index (κ2) is 10.9. The van der Waals surface area contributed by atoms with Gasteiger partial charge in [0, 0.05) is 23.7 Å². The summed E-state index contributed by atoms with van der Waals surface area (Å²) in [4.78, 5) is 30.7. The molecule has 1 aliphatic rings. The van der Waals surface area contributed by atoms with E-state index in [-0.39, 0.29) is 31.8 Å². The van der Waals surface area contributed by atoms with Crippen LogP contribution in [-0.4, -0.2) is 41.6 Å². The Morgan fingerprint density at radius 3 is 2.59 bits per heavy atom. The first-order valence-corrected chi connectivity index (χ1v) is 11.8. The molecule has 0 saturated heterocycles. The smallest absolute Gasteiger partial charge is 0.322 e. The van der Waals surface area contributed by atoms with Gasteiger partial charge in [-0.15, -0.1) is 17.9 Å². The van der Waals surface area contributed by atoms with Crippen LogP contribution in [0.25, 0.3) is 0 Å². The number of hydrogen-bond acceptors (Lipinski definition) is 5. The van der Waals surface area contributed by atoms with Crippen molar-refractivity contribution in [2.75, 3.05) is 25.2 Å². The van der Waals surface area contributed by atoms with E-state index in [1.807, 2.05) is 54.8 Å². The van der Waals surface area contributed by atoms with E-state index in [4.69, 9.17) is 9.47 Å².